The Morgan fingerprint density at radius 2 is 1.82 bits per heavy atom. The number of para-hydroxylation sites is 1. The first-order valence-corrected chi connectivity index (χ1v) is 7.60. The van der Waals surface area contributed by atoms with E-state index in [1.165, 1.54) is 16.5 Å². The number of nitrogens with one attached hydrogen (secondary N) is 1. The molecule has 0 unspecified atom stereocenters. The number of rotatable bonds is 4. The number of fused-ring (bicyclic) bond motifs is 1. The molecule has 0 spiro atoms. The van der Waals surface area contributed by atoms with Gasteiger partial charge >= 0.3 is 0 Å². The minimum Gasteiger partial charge on any atom is -0.343 e. The smallest absolute Gasteiger partial charge is 0.0491 e. The van der Waals surface area contributed by atoms with Crippen molar-refractivity contribution in [2.75, 3.05) is 7.05 Å². The molecule has 2 aromatic carbocycles. The minimum absolute atomic E-state index is 0. The molecule has 0 saturated carbocycles. The fraction of sp³-hybridized carbons (Fsp3) is 0.176. The van der Waals surface area contributed by atoms with Crippen LogP contribution in [0.4, 0.5) is 0 Å². The second-order valence-electron chi connectivity index (χ2n) is 5.07. The van der Waals surface area contributed by atoms with E-state index in [9.17, 15) is 0 Å². The number of aromatic nitrogens is 1. The van der Waals surface area contributed by atoms with Crippen LogP contribution in [0.2, 0.25) is 10.0 Å². The maximum Gasteiger partial charge on any atom is 0.0491 e. The summed E-state index contributed by atoms with van der Waals surface area (Å²) in [5.74, 6) is 0. The van der Waals surface area contributed by atoms with Crippen molar-refractivity contribution in [2.45, 2.75) is 13.1 Å². The highest BCUT2D eigenvalue weighted by Gasteiger charge is 2.09. The largest absolute Gasteiger partial charge is 0.343 e. The molecule has 22 heavy (non-hydrogen) atoms. The van der Waals surface area contributed by atoms with Crippen LogP contribution in [0.15, 0.2) is 48.7 Å². The van der Waals surface area contributed by atoms with Crippen LogP contribution >= 0.6 is 35.6 Å². The third-order valence-electron chi connectivity index (χ3n) is 3.59. The highest BCUT2D eigenvalue weighted by Crippen LogP contribution is 2.26. The zero-order valence-corrected chi connectivity index (χ0v) is 14.5. The number of nitrogens with zero attached hydrogens (tertiary/aromatic N) is 1. The zero-order valence-electron chi connectivity index (χ0n) is 12.1. The van der Waals surface area contributed by atoms with Crippen LogP contribution in [0.1, 0.15) is 11.1 Å². The van der Waals surface area contributed by atoms with Crippen LogP contribution in [0.5, 0.6) is 0 Å². The quantitative estimate of drug-likeness (QED) is 0.686. The standard InChI is InChI=1S/C17H16Cl2N2.ClH/c1-20-9-13-11-21(17-5-3-2-4-15(13)17)10-12-6-7-14(18)8-16(12)19;/h2-8,11,20H,9-10H2,1H3;1H. The molecule has 0 aliphatic carbocycles. The summed E-state index contributed by atoms with van der Waals surface area (Å²) >= 11 is 12.2. The van der Waals surface area contributed by atoms with Crippen molar-refractivity contribution < 1.29 is 0 Å². The van der Waals surface area contributed by atoms with Crippen molar-refractivity contribution in [3.63, 3.8) is 0 Å². The van der Waals surface area contributed by atoms with Gasteiger partial charge in [0.1, 0.15) is 0 Å². The van der Waals surface area contributed by atoms with Crippen molar-refractivity contribution in [2.24, 2.45) is 0 Å². The average Bonchev–Trinajstić information content (AvgIpc) is 2.81. The predicted octanol–water partition coefficient (Wildman–Crippen LogP) is 5.14. The molecule has 0 atom stereocenters. The van der Waals surface area contributed by atoms with Crippen LogP contribution < -0.4 is 5.32 Å². The summed E-state index contributed by atoms with van der Waals surface area (Å²) in [6, 6.07) is 14.1. The molecule has 1 heterocycles. The van der Waals surface area contributed by atoms with Crippen LogP contribution in [0.25, 0.3) is 10.9 Å². The Labute approximate surface area is 146 Å². The van der Waals surface area contributed by atoms with Crippen molar-refractivity contribution in [1.82, 2.24) is 9.88 Å². The minimum atomic E-state index is 0. The molecule has 0 radical (unpaired) electrons. The molecule has 0 amide bonds. The summed E-state index contributed by atoms with van der Waals surface area (Å²) in [6.07, 6.45) is 2.19. The molecule has 0 saturated heterocycles. The van der Waals surface area contributed by atoms with Gasteiger partial charge in [0.05, 0.1) is 0 Å². The molecule has 1 N–H and O–H groups in total. The summed E-state index contributed by atoms with van der Waals surface area (Å²) < 4.78 is 2.23. The third-order valence-corrected chi connectivity index (χ3v) is 4.18. The van der Waals surface area contributed by atoms with Gasteiger partial charge in [0.25, 0.3) is 0 Å². The van der Waals surface area contributed by atoms with Crippen molar-refractivity contribution in [3.8, 4) is 0 Å². The van der Waals surface area contributed by atoms with E-state index in [-0.39, 0.29) is 12.4 Å². The van der Waals surface area contributed by atoms with Crippen molar-refractivity contribution in [3.05, 3.63) is 69.8 Å². The van der Waals surface area contributed by atoms with Gasteiger partial charge < -0.3 is 9.88 Å². The molecule has 0 aliphatic heterocycles. The number of benzene rings is 2. The van der Waals surface area contributed by atoms with E-state index in [0.717, 1.165) is 18.7 Å². The second kappa shape index (κ2) is 7.38. The van der Waals surface area contributed by atoms with E-state index >= 15 is 0 Å². The van der Waals surface area contributed by atoms with Gasteiger partial charge in [-0.1, -0.05) is 47.5 Å². The molecule has 2 nitrogen and oxygen atoms in total. The lowest BCUT2D eigenvalue weighted by Gasteiger charge is -2.08. The summed E-state index contributed by atoms with van der Waals surface area (Å²) in [4.78, 5) is 0. The Balaban J connectivity index is 0.00000176. The molecule has 0 bridgehead atoms. The van der Waals surface area contributed by atoms with E-state index in [1.807, 2.05) is 19.2 Å². The Bertz CT molecular complexity index is 781. The first-order valence-electron chi connectivity index (χ1n) is 6.84. The SMILES string of the molecule is CNCc1cn(Cc2ccc(Cl)cc2Cl)c2ccccc12.Cl. The normalized spacial score (nSPS) is 10.7. The number of hydrogen-bond donors (Lipinski definition) is 1. The number of halogens is 3. The summed E-state index contributed by atoms with van der Waals surface area (Å²) in [6.45, 7) is 1.59. The fourth-order valence-electron chi connectivity index (χ4n) is 2.62. The maximum atomic E-state index is 6.29. The van der Waals surface area contributed by atoms with E-state index in [1.54, 1.807) is 6.07 Å². The summed E-state index contributed by atoms with van der Waals surface area (Å²) in [5.41, 5.74) is 3.57. The van der Waals surface area contributed by atoms with Gasteiger partial charge in [-0.25, -0.2) is 0 Å². The lowest BCUT2D eigenvalue weighted by Crippen LogP contribution is -2.04. The van der Waals surface area contributed by atoms with E-state index in [4.69, 9.17) is 23.2 Å². The molecule has 0 aliphatic rings. The molecule has 3 aromatic rings. The molecular formula is C17H17Cl3N2. The van der Waals surface area contributed by atoms with Crippen LogP contribution in [-0.4, -0.2) is 11.6 Å². The summed E-state index contributed by atoms with van der Waals surface area (Å²) in [7, 11) is 1.96. The van der Waals surface area contributed by atoms with Gasteiger partial charge in [-0.05, 0) is 36.4 Å². The van der Waals surface area contributed by atoms with Gasteiger partial charge in [-0.2, -0.15) is 0 Å². The van der Waals surface area contributed by atoms with Gasteiger partial charge in [0, 0.05) is 40.2 Å². The topological polar surface area (TPSA) is 17.0 Å². The van der Waals surface area contributed by atoms with Crippen molar-refractivity contribution >= 4 is 46.5 Å². The predicted molar refractivity (Wildman–Crippen MR) is 97.5 cm³/mol. The molecular weight excluding hydrogens is 339 g/mol. The first kappa shape index (κ1) is 17.2. The third kappa shape index (κ3) is 3.41. The Hall–Kier alpha value is -1.19. The average molecular weight is 356 g/mol. The lowest BCUT2D eigenvalue weighted by atomic mass is 10.2. The molecule has 3 rings (SSSR count). The van der Waals surface area contributed by atoms with E-state index in [0.29, 0.717) is 10.0 Å². The Morgan fingerprint density at radius 3 is 2.55 bits per heavy atom. The lowest BCUT2D eigenvalue weighted by molar-refractivity contribution is 0.795. The first-order chi connectivity index (χ1) is 10.2. The molecule has 116 valence electrons. The zero-order chi connectivity index (χ0) is 14.8. The monoisotopic (exact) mass is 354 g/mol. The highest BCUT2D eigenvalue weighted by molar-refractivity contribution is 6.35. The summed E-state index contributed by atoms with van der Waals surface area (Å²) in [5, 5.41) is 5.86. The van der Waals surface area contributed by atoms with Gasteiger partial charge in [-0.15, -0.1) is 12.4 Å². The van der Waals surface area contributed by atoms with Gasteiger partial charge in [0.2, 0.25) is 0 Å². The van der Waals surface area contributed by atoms with Crippen LogP contribution in [0.3, 0.4) is 0 Å². The van der Waals surface area contributed by atoms with Gasteiger partial charge in [0.15, 0.2) is 0 Å². The second-order valence-corrected chi connectivity index (χ2v) is 5.91. The van der Waals surface area contributed by atoms with Crippen LogP contribution in [-0.2, 0) is 13.1 Å². The molecule has 1 aromatic heterocycles. The number of hydrogen-bond acceptors (Lipinski definition) is 1. The maximum absolute atomic E-state index is 6.29. The fourth-order valence-corrected chi connectivity index (χ4v) is 3.09. The van der Waals surface area contributed by atoms with E-state index < -0.39 is 0 Å². The van der Waals surface area contributed by atoms with Crippen LogP contribution in [0, 0.1) is 0 Å². The van der Waals surface area contributed by atoms with E-state index in [2.05, 4.69) is 40.3 Å². The molecule has 0 fully saturated rings. The Kier molecular flexibility index (Phi) is 5.76. The highest BCUT2D eigenvalue weighted by atomic mass is 35.5. The Morgan fingerprint density at radius 1 is 1.05 bits per heavy atom. The molecule has 5 heteroatoms. The van der Waals surface area contributed by atoms with Gasteiger partial charge in [-0.3, -0.25) is 0 Å². The van der Waals surface area contributed by atoms with Crippen molar-refractivity contribution in [1.29, 1.82) is 0 Å².